The zero-order valence-corrected chi connectivity index (χ0v) is 11.6. The molecule has 1 atom stereocenters. The van der Waals surface area contributed by atoms with Crippen molar-refractivity contribution >= 4 is 24.0 Å². The molecular formula is C14H21ClN2O. The van der Waals surface area contributed by atoms with E-state index in [9.17, 15) is 4.79 Å². The van der Waals surface area contributed by atoms with Gasteiger partial charge in [-0.1, -0.05) is 31.5 Å². The monoisotopic (exact) mass is 268 g/mol. The highest BCUT2D eigenvalue weighted by Gasteiger charge is 2.22. The summed E-state index contributed by atoms with van der Waals surface area (Å²) in [6.45, 7) is 3.91. The standard InChI is InChI=1S/C14H20N2O.ClH/c1-2-5-11-6-3-4-7-13(11)16-14(17)12-8-9-15-10-12;/h3-4,6-7,12,15H,2,5,8-10H2,1H3,(H,16,17);1H. The Morgan fingerprint density at radius 2 is 2.22 bits per heavy atom. The number of anilines is 1. The van der Waals surface area contributed by atoms with Crippen molar-refractivity contribution in [1.82, 2.24) is 5.32 Å². The first-order valence-corrected chi connectivity index (χ1v) is 6.40. The molecule has 1 amide bonds. The van der Waals surface area contributed by atoms with Crippen LogP contribution in [0.2, 0.25) is 0 Å². The fourth-order valence-corrected chi connectivity index (χ4v) is 2.24. The smallest absolute Gasteiger partial charge is 0.228 e. The zero-order valence-electron chi connectivity index (χ0n) is 10.7. The predicted molar refractivity (Wildman–Crippen MR) is 77.3 cm³/mol. The second-order valence-electron chi connectivity index (χ2n) is 4.59. The summed E-state index contributed by atoms with van der Waals surface area (Å²) >= 11 is 0. The number of hydrogen-bond acceptors (Lipinski definition) is 2. The largest absolute Gasteiger partial charge is 0.326 e. The lowest BCUT2D eigenvalue weighted by molar-refractivity contribution is -0.119. The minimum atomic E-state index is 0. The average Bonchev–Trinajstić information content (AvgIpc) is 2.85. The lowest BCUT2D eigenvalue weighted by Crippen LogP contribution is -2.25. The van der Waals surface area contributed by atoms with Gasteiger partial charge in [0.05, 0.1) is 5.92 Å². The molecule has 1 saturated heterocycles. The van der Waals surface area contributed by atoms with Gasteiger partial charge in [0, 0.05) is 12.2 Å². The maximum atomic E-state index is 12.0. The third-order valence-corrected chi connectivity index (χ3v) is 3.23. The van der Waals surface area contributed by atoms with Crippen molar-refractivity contribution in [2.24, 2.45) is 5.92 Å². The van der Waals surface area contributed by atoms with Gasteiger partial charge in [0.2, 0.25) is 5.91 Å². The first kappa shape index (κ1) is 15.0. The van der Waals surface area contributed by atoms with Gasteiger partial charge < -0.3 is 10.6 Å². The Morgan fingerprint density at radius 1 is 1.44 bits per heavy atom. The fourth-order valence-electron chi connectivity index (χ4n) is 2.24. The number of carbonyl (C=O) groups is 1. The van der Waals surface area contributed by atoms with Crippen molar-refractivity contribution < 1.29 is 4.79 Å². The highest BCUT2D eigenvalue weighted by molar-refractivity contribution is 5.93. The molecule has 3 nitrogen and oxygen atoms in total. The summed E-state index contributed by atoms with van der Waals surface area (Å²) in [4.78, 5) is 12.0. The van der Waals surface area contributed by atoms with Crippen molar-refractivity contribution in [1.29, 1.82) is 0 Å². The van der Waals surface area contributed by atoms with E-state index in [0.717, 1.165) is 38.0 Å². The lowest BCUT2D eigenvalue weighted by atomic mass is 10.1. The van der Waals surface area contributed by atoms with Crippen LogP contribution in [0.5, 0.6) is 0 Å². The van der Waals surface area contributed by atoms with Gasteiger partial charge in [-0.25, -0.2) is 0 Å². The molecule has 2 rings (SSSR count). The van der Waals surface area contributed by atoms with Gasteiger partial charge in [-0.05, 0) is 31.0 Å². The Morgan fingerprint density at radius 3 is 2.89 bits per heavy atom. The summed E-state index contributed by atoms with van der Waals surface area (Å²) in [7, 11) is 0. The highest BCUT2D eigenvalue weighted by atomic mass is 35.5. The molecule has 1 aromatic rings. The van der Waals surface area contributed by atoms with Crippen LogP contribution in [-0.2, 0) is 11.2 Å². The van der Waals surface area contributed by atoms with Crippen LogP contribution in [0.25, 0.3) is 0 Å². The SMILES string of the molecule is CCCc1ccccc1NC(=O)C1CCNC1.Cl. The Bertz CT molecular complexity index is 389. The van der Waals surface area contributed by atoms with Gasteiger partial charge in [0.1, 0.15) is 0 Å². The first-order valence-electron chi connectivity index (χ1n) is 6.40. The van der Waals surface area contributed by atoms with E-state index in [0.29, 0.717) is 0 Å². The van der Waals surface area contributed by atoms with Crippen LogP contribution < -0.4 is 10.6 Å². The molecule has 1 unspecified atom stereocenters. The number of amides is 1. The number of nitrogens with one attached hydrogen (secondary N) is 2. The van der Waals surface area contributed by atoms with Gasteiger partial charge in [0.25, 0.3) is 0 Å². The van der Waals surface area contributed by atoms with E-state index in [1.165, 1.54) is 5.56 Å². The summed E-state index contributed by atoms with van der Waals surface area (Å²) in [5.74, 6) is 0.281. The second-order valence-corrected chi connectivity index (χ2v) is 4.59. The molecule has 0 bridgehead atoms. The molecule has 0 saturated carbocycles. The number of benzene rings is 1. The zero-order chi connectivity index (χ0) is 12.1. The molecule has 0 aromatic heterocycles. The van der Waals surface area contributed by atoms with Crippen LogP contribution in [0.3, 0.4) is 0 Å². The summed E-state index contributed by atoms with van der Waals surface area (Å²) in [6, 6.07) is 8.08. The predicted octanol–water partition coefficient (Wildman–Crippen LogP) is 2.61. The molecule has 1 aromatic carbocycles. The van der Waals surface area contributed by atoms with E-state index in [1.54, 1.807) is 0 Å². The molecule has 0 radical (unpaired) electrons. The van der Waals surface area contributed by atoms with E-state index >= 15 is 0 Å². The lowest BCUT2D eigenvalue weighted by Gasteiger charge is -2.13. The summed E-state index contributed by atoms with van der Waals surface area (Å²) < 4.78 is 0. The Labute approximate surface area is 115 Å². The molecule has 1 heterocycles. The molecule has 1 aliphatic heterocycles. The Hall–Kier alpha value is -1.06. The van der Waals surface area contributed by atoms with Gasteiger partial charge in [-0.2, -0.15) is 0 Å². The maximum Gasteiger partial charge on any atom is 0.228 e. The van der Waals surface area contributed by atoms with Crippen molar-refractivity contribution in [3.8, 4) is 0 Å². The van der Waals surface area contributed by atoms with E-state index in [1.807, 2.05) is 18.2 Å². The van der Waals surface area contributed by atoms with Gasteiger partial charge in [-0.15, -0.1) is 12.4 Å². The summed E-state index contributed by atoms with van der Waals surface area (Å²) in [6.07, 6.45) is 3.05. The van der Waals surface area contributed by atoms with Crippen molar-refractivity contribution in [2.45, 2.75) is 26.2 Å². The highest BCUT2D eigenvalue weighted by Crippen LogP contribution is 2.19. The van der Waals surface area contributed by atoms with Crippen molar-refractivity contribution in [2.75, 3.05) is 18.4 Å². The molecule has 0 aliphatic carbocycles. The molecule has 2 N–H and O–H groups in total. The van der Waals surface area contributed by atoms with Crippen LogP contribution in [0, 0.1) is 5.92 Å². The first-order chi connectivity index (χ1) is 8.31. The van der Waals surface area contributed by atoms with Crippen LogP contribution in [0.1, 0.15) is 25.3 Å². The van der Waals surface area contributed by atoms with Gasteiger partial charge >= 0.3 is 0 Å². The number of hydrogen-bond donors (Lipinski definition) is 2. The van der Waals surface area contributed by atoms with Crippen LogP contribution >= 0.6 is 12.4 Å². The normalized spacial score (nSPS) is 18.2. The molecule has 1 aliphatic rings. The number of aryl methyl sites for hydroxylation is 1. The molecule has 18 heavy (non-hydrogen) atoms. The van der Waals surface area contributed by atoms with Crippen LogP contribution in [-0.4, -0.2) is 19.0 Å². The average molecular weight is 269 g/mol. The van der Waals surface area contributed by atoms with E-state index in [2.05, 4.69) is 23.6 Å². The third kappa shape index (κ3) is 3.72. The minimum absolute atomic E-state index is 0. The van der Waals surface area contributed by atoms with Crippen molar-refractivity contribution in [3.05, 3.63) is 29.8 Å². The number of para-hydroxylation sites is 1. The van der Waals surface area contributed by atoms with E-state index < -0.39 is 0 Å². The third-order valence-electron chi connectivity index (χ3n) is 3.23. The topological polar surface area (TPSA) is 41.1 Å². The fraction of sp³-hybridized carbons (Fsp3) is 0.500. The molecular weight excluding hydrogens is 248 g/mol. The quantitative estimate of drug-likeness (QED) is 0.881. The molecule has 100 valence electrons. The Kier molecular flexibility index (Phi) is 6.16. The number of carbonyl (C=O) groups excluding carboxylic acids is 1. The molecule has 0 spiro atoms. The van der Waals surface area contributed by atoms with Crippen LogP contribution in [0.15, 0.2) is 24.3 Å². The number of halogens is 1. The van der Waals surface area contributed by atoms with Crippen molar-refractivity contribution in [3.63, 3.8) is 0 Å². The Balaban J connectivity index is 0.00000162. The van der Waals surface area contributed by atoms with Gasteiger partial charge in [0.15, 0.2) is 0 Å². The van der Waals surface area contributed by atoms with Crippen LogP contribution in [0.4, 0.5) is 5.69 Å². The second kappa shape index (κ2) is 7.39. The summed E-state index contributed by atoms with van der Waals surface area (Å²) in [5.41, 5.74) is 2.21. The van der Waals surface area contributed by atoms with E-state index in [4.69, 9.17) is 0 Å². The van der Waals surface area contributed by atoms with Gasteiger partial charge in [-0.3, -0.25) is 4.79 Å². The number of rotatable bonds is 4. The molecule has 4 heteroatoms. The summed E-state index contributed by atoms with van der Waals surface area (Å²) in [5, 5.41) is 6.28. The molecule has 1 fully saturated rings. The van der Waals surface area contributed by atoms with E-state index in [-0.39, 0.29) is 24.2 Å². The minimum Gasteiger partial charge on any atom is -0.326 e. The maximum absolute atomic E-state index is 12.0.